The van der Waals surface area contributed by atoms with Crippen LogP contribution in [0.15, 0.2) is 0 Å². The van der Waals surface area contributed by atoms with Crippen molar-refractivity contribution in [3.63, 3.8) is 0 Å². The normalized spacial score (nSPS) is 8.86. The molecule has 0 saturated carbocycles. The van der Waals surface area contributed by atoms with Gasteiger partial charge in [0.25, 0.3) is 0 Å². The number of hydrogen-bond acceptors (Lipinski definition) is 1. The van der Waals surface area contributed by atoms with E-state index in [4.69, 9.17) is 5.73 Å². The molecule has 0 rings (SSSR count). The highest BCUT2D eigenvalue weighted by Gasteiger charge is 1.87. The van der Waals surface area contributed by atoms with Gasteiger partial charge in [0.2, 0.25) is 0 Å². The molecule has 0 amide bonds. The average molecular weight is 100 g/mol. The van der Waals surface area contributed by atoms with Crippen LogP contribution in [0.25, 0.3) is 0 Å². The summed E-state index contributed by atoms with van der Waals surface area (Å²) in [7, 11) is 0. The lowest BCUT2D eigenvalue weighted by Gasteiger charge is -1.86. The fourth-order valence-electron chi connectivity index (χ4n) is 0.337. The summed E-state index contributed by atoms with van der Waals surface area (Å²) in [4.78, 5) is 10.1. The topological polar surface area (TPSA) is 40.9 Å². The number of Topliss-reactive ketones (excluding diaryl/α,β-unsaturated/α-hetero) is 1. The van der Waals surface area contributed by atoms with Gasteiger partial charge in [-0.25, -0.2) is 0 Å². The van der Waals surface area contributed by atoms with Gasteiger partial charge in [0.1, 0.15) is 5.78 Å². The Balaban J connectivity index is 2.82. The first-order valence-corrected chi connectivity index (χ1v) is 2.41. The molecular weight excluding hydrogens is 90.1 g/mol. The Morgan fingerprint density at radius 3 is 2.43 bits per heavy atom. The first-order chi connectivity index (χ1) is 3.27. The van der Waals surface area contributed by atoms with Crippen LogP contribution in [0.1, 0.15) is 19.8 Å². The maximum absolute atomic E-state index is 10.1. The van der Waals surface area contributed by atoms with Gasteiger partial charge in [-0.05, 0) is 13.3 Å². The molecule has 0 unspecified atom stereocenters. The van der Waals surface area contributed by atoms with Gasteiger partial charge >= 0.3 is 0 Å². The van der Waals surface area contributed by atoms with E-state index < -0.39 is 0 Å². The second kappa shape index (κ2) is 3.81. The molecule has 0 aromatic heterocycles. The predicted molar refractivity (Wildman–Crippen MR) is 27.9 cm³/mol. The summed E-state index contributed by atoms with van der Waals surface area (Å²) in [5, 5.41) is 0. The molecule has 0 aromatic rings. The molecule has 1 radical (unpaired) electrons. The van der Waals surface area contributed by atoms with Crippen molar-refractivity contribution >= 4 is 5.78 Å². The Kier molecular flexibility index (Phi) is 3.61. The lowest BCUT2D eigenvalue weighted by molar-refractivity contribution is -0.117. The molecule has 2 nitrogen and oxygen atoms in total. The van der Waals surface area contributed by atoms with Crippen LogP contribution in [-0.4, -0.2) is 12.3 Å². The summed E-state index contributed by atoms with van der Waals surface area (Å²) in [6.07, 6.45) is 1.29. The molecule has 0 aliphatic carbocycles. The zero-order valence-corrected chi connectivity index (χ0v) is 4.53. The smallest absolute Gasteiger partial charge is 0.129 e. The Morgan fingerprint density at radius 2 is 2.29 bits per heavy atom. The Labute approximate surface area is 43.7 Å². The highest BCUT2D eigenvalue weighted by molar-refractivity contribution is 5.75. The average Bonchev–Trinajstić information content (AvgIpc) is 1.61. The molecule has 0 atom stereocenters. The number of nitrogens with one attached hydrogen (secondary N) is 1. The van der Waals surface area contributed by atoms with Gasteiger partial charge in [-0.15, -0.1) is 0 Å². The van der Waals surface area contributed by atoms with Gasteiger partial charge in [0.15, 0.2) is 0 Å². The van der Waals surface area contributed by atoms with E-state index in [9.17, 15) is 4.79 Å². The van der Waals surface area contributed by atoms with E-state index in [-0.39, 0.29) is 5.78 Å². The molecular formula is C5H10NO. The summed E-state index contributed by atoms with van der Waals surface area (Å²) < 4.78 is 0. The fraction of sp³-hybridized carbons (Fsp3) is 0.800. The lowest BCUT2D eigenvalue weighted by Crippen LogP contribution is -1.92. The third kappa shape index (κ3) is 5.63. The third-order valence-corrected chi connectivity index (χ3v) is 0.706. The summed E-state index contributed by atoms with van der Waals surface area (Å²) in [5.41, 5.74) is 6.64. The quantitative estimate of drug-likeness (QED) is 0.513. The van der Waals surface area contributed by atoms with Gasteiger partial charge in [0, 0.05) is 13.0 Å². The Bertz CT molecular complexity index is 61.1. The molecule has 0 bridgehead atoms. The van der Waals surface area contributed by atoms with Crippen molar-refractivity contribution < 1.29 is 4.79 Å². The second-order valence-corrected chi connectivity index (χ2v) is 1.56. The minimum atomic E-state index is 0.187. The van der Waals surface area contributed by atoms with Gasteiger partial charge in [-0.3, -0.25) is 5.73 Å². The van der Waals surface area contributed by atoms with Crippen LogP contribution in [0.4, 0.5) is 0 Å². The summed E-state index contributed by atoms with van der Waals surface area (Å²) in [6.45, 7) is 1.93. The standard InChI is InChI=1S/C5H10NO/c1-5(7)3-2-4-6/h6H,2-4H2,1H3. The van der Waals surface area contributed by atoms with Crippen LogP contribution in [0, 0.1) is 0 Å². The third-order valence-electron chi connectivity index (χ3n) is 0.706. The first kappa shape index (κ1) is 6.63. The molecule has 2 heteroatoms. The zero-order valence-electron chi connectivity index (χ0n) is 4.53. The molecule has 0 aromatic carbocycles. The van der Waals surface area contributed by atoms with Gasteiger partial charge in [-0.1, -0.05) is 0 Å². The molecule has 7 heavy (non-hydrogen) atoms. The molecule has 0 fully saturated rings. The molecule has 0 heterocycles. The fourth-order valence-corrected chi connectivity index (χ4v) is 0.337. The number of hydrogen-bond donors (Lipinski definition) is 0. The van der Waals surface area contributed by atoms with Crippen LogP contribution in [0.3, 0.4) is 0 Å². The van der Waals surface area contributed by atoms with E-state index in [1.165, 1.54) is 0 Å². The van der Waals surface area contributed by atoms with E-state index in [2.05, 4.69) is 0 Å². The van der Waals surface area contributed by atoms with Crippen molar-refractivity contribution in [1.82, 2.24) is 5.73 Å². The maximum Gasteiger partial charge on any atom is 0.129 e. The number of carbonyl (C=O) groups excluding carboxylic acids is 1. The molecule has 1 N–H and O–H groups in total. The first-order valence-electron chi connectivity index (χ1n) is 2.41. The van der Waals surface area contributed by atoms with Gasteiger partial charge < -0.3 is 4.79 Å². The van der Waals surface area contributed by atoms with Crippen molar-refractivity contribution in [3.05, 3.63) is 0 Å². The largest absolute Gasteiger partial charge is 0.300 e. The lowest BCUT2D eigenvalue weighted by atomic mass is 10.2. The molecule has 0 aliphatic heterocycles. The molecule has 0 saturated heterocycles. The summed E-state index contributed by atoms with van der Waals surface area (Å²) >= 11 is 0. The monoisotopic (exact) mass is 100 g/mol. The van der Waals surface area contributed by atoms with E-state index in [0.29, 0.717) is 13.0 Å². The number of rotatable bonds is 3. The van der Waals surface area contributed by atoms with E-state index in [0.717, 1.165) is 6.42 Å². The van der Waals surface area contributed by atoms with E-state index >= 15 is 0 Å². The molecule has 41 valence electrons. The van der Waals surface area contributed by atoms with Crippen LogP contribution < -0.4 is 5.73 Å². The van der Waals surface area contributed by atoms with Crippen LogP contribution in [0.5, 0.6) is 0 Å². The van der Waals surface area contributed by atoms with Crippen molar-refractivity contribution in [2.24, 2.45) is 0 Å². The number of ketones is 1. The zero-order chi connectivity index (χ0) is 5.70. The highest BCUT2D eigenvalue weighted by atomic mass is 16.1. The maximum atomic E-state index is 10.1. The highest BCUT2D eigenvalue weighted by Crippen LogP contribution is 1.85. The summed E-state index contributed by atoms with van der Waals surface area (Å²) in [5.74, 6) is 0.187. The van der Waals surface area contributed by atoms with Crippen molar-refractivity contribution in [1.29, 1.82) is 0 Å². The van der Waals surface area contributed by atoms with Crippen LogP contribution in [0.2, 0.25) is 0 Å². The van der Waals surface area contributed by atoms with Crippen molar-refractivity contribution in [2.45, 2.75) is 19.8 Å². The van der Waals surface area contributed by atoms with Crippen molar-refractivity contribution in [3.8, 4) is 0 Å². The van der Waals surface area contributed by atoms with Crippen LogP contribution in [-0.2, 0) is 4.79 Å². The number of carbonyl (C=O) groups is 1. The second-order valence-electron chi connectivity index (χ2n) is 1.56. The minimum Gasteiger partial charge on any atom is -0.300 e. The van der Waals surface area contributed by atoms with E-state index in [1.54, 1.807) is 6.92 Å². The van der Waals surface area contributed by atoms with Gasteiger partial charge in [-0.2, -0.15) is 0 Å². The predicted octanol–water partition coefficient (Wildman–Crippen LogP) is 0.639. The summed E-state index contributed by atoms with van der Waals surface area (Å²) in [6, 6.07) is 0. The van der Waals surface area contributed by atoms with Crippen molar-refractivity contribution in [2.75, 3.05) is 6.54 Å². The SMILES string of the molecule is CC(=O)CCC[NH]. The van der Waals surface area contributed by atoms with Crippen LogP contribution >= 0.6 is 0 Å². The Hall–Kier alpha value is -0.370. The van der Waals surface area contributed by atoms with E-state index in [1.807, 2.05) is 0 Å². The van der Waals surface area contributed by atoms with Gasteiger partial charge in [0.05, 0.1) is 0 Å². The molecule has 0 aliphatic rings. The minimum absolute atomic E-state index is 0.187. The Morgan fingerprint density at radius 1 is 1.71 bits per heavy atom. The molecule has 0 spiro atoms.